The molecule has 33 heavy (non-hydrogen) atoms. The average Bonchev–Trinajstić information content (AvgIpc) is 3.51. The van der Waals surface area contributed by atoms with Gasteiger partial charge >= 0.3 is 0 Å². The maximum Gasteiger partial charge on any atom is 0.186 e. The number of ether oxygens (including phenoxy) is 2. The molecule has 1 fully saturated rings. The van der Waals surface area contributed by atoms with Crippen LogP contribution in [-0.4, -0.2) is 77.1 Å². The van der Waals surface area contributed by atoms with Gasteiger partial charge in [0.2, 0.25) is 0 Å². The zero-order chi connectivity index (χ0) is 22.6. The molecule has 0 aliphatic carbocycles. The second-order valence-corrected chi connectivity index (χ2v) is 8.93. The molecule has 10 heteroatoms. The molecule has 1 atom stereocenters. The molecule has 0 N–H and O–H groups in total. The molecule has 2 aromatic heterocycles. The number of piperazine rings is 1. The van der Waals surface area contributed by atoms with Crippen molar-refractivity contribution in [3.05, 3.63) is 59.9 Å². The lowest BCUT2D eigenvalue weighted by atomic mass is 10.0. The van der Waals surface area contributed by atoms with Crippen LogP contribution in [0.3, 0.4) is 0 Å². The molecular weight excluding hydrogens is 438 g/mol. The Hall–Kier alpha value is -3.08. The first-order valence-corrected chi connectivity index (χ1v) is 11.8. The van der Waals surface area contributed by atoms with Gasteiger partial charge in [-0.05, 0) is 40.3 Å². The fourth-order valence-electron chi connectivity index (χ4n) is 4.22. The largest absolute Gasteiger partial charge is 0.497 e. The second-order valence-electron chi connectivity index (χ2n) is 7.92. The number of rotatable bonds is 8. The molecule has 1 aliphatic rings. The minimum absolute atomic E-state index is 0.0553. The average molecular weight is 466 g/mol. The highest BCUT2D eigenvalue weighted by Crippen LogP contribution is 2.32. The van der Waals surface area contributed by atoms with Gasteiger partial charge < -0.3 is 14.4 Å². The van der Waals surface area contributed by atoms with E-state index in [2.05, 4.69) is 55.7 Å². The minimum atomic E-state index is -0.0553. The van der Waals surface area contributed by atoms with E-state index in [9.17, 15) is 0 Å². The summed E-state index contributed by atoms with van der Waals surface area (Å²) in [4.78, 5) is 9.66. The Labute approximate surface area is 196 Å². The van der Waals surface area contributed by atoms with E-state index < -0.39 is 0 Å². The normalized spacial score (nSPS) is 15.8. The molecule has 0 saturated carbocycles. The summed E-state index contributed by atoms with van der Waals surface area (Å²) in [6.07, 6.45) is 0. The van der Waals surface area contributed by atoms with Crippen LogP contribution in [0.1, 0.15) is 17.4 Å². The van der Waals surface area contributed by atoms with E-state index in [4.69, 9.17) is 14.5 Å². The van der Waals surface area contributed by atoms with Gasteiger partial charge in [-0.15, -0.1) is 5.10 Å². The summed E-state index contributed by atoms with van der Waals surface area (Å²) in [5.74, 6) is 1.66. The lowest BCUT2D eigenvalue weighted by Crippen LogP contribution is -2.48. The molecule has 1 aliphatic heterocycles. The zero-order valence-electron chi connectivity index (χ0n) is 18.8. The molecule has 172 valence electrons. The van der Waals surface area contributed by atoms with Crippen LogP contribution in [0.2, 0.25) is 0 Å². The van der Waals surface area contributed by atoms with Crippen molar-refractivity contribution in [3.8, 4) is 5.75 Å². The number of benzene rings is 2. The minimum Gasteiger partial charge on any atom is -0.497 e. The lowest BCUT2D eigenvalue weighted by Gasteiger charge is -2.38. The van der Waals surface area contributed by atoms with E-state index >= 15 is 0 Å². The third-order valence-electron chi connectivity index (χ3n) is 5.98. The molecule has 5 rings (SSSR count). The van der Waals surface area contributed by atoms with Gasteiger partial charge in [0, 0.05) is 33.3 Å². The van der Waals surface area contributed by atoms with Crippen molar-refractivity contribution in [1.82, 2.24) is 30.1 Å². The maximum absolute atomic E-state index is 5.36. The topological polar surface area (TPSA) is 81.4 Å². The van der Waals surface area contributed by atoms with Crippen molar-refractivity contribution in [3.63, 3.8) is 0 Å². The molecule has 0 bridgehead atoms. The Kier molecular flexibility index (Phi) is 6.47. The molecule has 2 aromatic carbocycles. The summed E-state index contributed by atoms with van der Waals surface area (Å²) < 4.78 is 13.7. The molecule has 1 saturated heterocycles. The number of para-hydroxylation sites is 1. The highest BCUT2D eigenvalue weighted by atomic mass is 32.1. The highest BCUT2D eigenvalue weighted by Gasteiger charge is 2.31. The summed E-state index contributed by atoms with van der Waals surface area (Å²) >= 11 is 1.76. The predicted molar refractivity (Wildman–Crippen MR) is 128 cm³/mol. The van der Waals surface area contributed by atoms with Crippen LogP contribution in [-0.2, 0) is 11.3 Å². The fourth-order valence-corrected chi connectivity index (χ4v) is 5.24. The molecule has 0 spiro atoms. The molecule has 0 amide bonds. The summed E-state index contributed by atoms with van der Waals surface area (Å²) in [6.45, 7) is 4.71. The summed E-state index contributed by atoms with van der Waals surface area (Å²) in [5.41, 5.74) is 2.20. The van der Waals surface area contributed by atoms with E-state index in [1.807, 2.05) is 22.9 Å². The maximum atomic E-state index is 5.36. The number of hydrogen-bond acceptors (Lipinski definition) is 9. The SMILES string of the molecule is COCCn1nnnc1[C@H](c1ccc(OC)cc1)N1CCN(c2nc3ccccc3s2)CC1. The molecule has 3 heterocycles. The summed E-state index contributed by atoms with van der Waals surface area (Å²) in [6, 6.07) is 16.4. The fraction of sp³-hybridized carbons (Fsp3) is 0.391. The van der Waals surface area contributed by atoms with Crippen molar-refractivity contribution >= 4 is 26.7 Å². The van der Waals surface area contributed by atoms with E-state index in [0.29, 0.717) is 13.2 Å². The van der Waals surface area contributed by atoms with Crippen molar-refractivity contribution < 1.29 is 9.47 Å². The lowest BCUT2D eigenvalue weighted by molar-refractivity contribution is 0.171. The summed E-state index contributed by atoms with van der Waals surface area (Å²) in [5, 5.41) is 13.7. The zero-order valence-corrected chi connectivity index (χ0v) is 19.6. The first kappa shape index (κ1) is 21.7. The first-order valence-electron chi connectivity index (χ1n) is 11.0. The molecule has 0 unspecified atom stereocenters. The van der Waals surface area contributed by atoms with Gasteiger partial charge in [0.25, 0.3) is 0 Å². The third kappa shape index (κ3) is 4.54. The Balaban J connectivity index is 1.39. The second kappa shape index (κ2) is 9.82. The van der Waals surface area contributed by atoms with Gasteiger partial charge in [-0.3, -0.25) is 4.90 Å². The smallest absolute Gasteiger partial charge is 0.186 e. The van der Waals surface area contributed by atoms with Crippen molar-refractivity contribution in [1.29, 1.82) is 0 Å². The predicted octanol–water partition coefficient (Wildman–Crippen LogP) is 2.85. The standard InChI is InChI=1S/C23H27N7O2S/c1-31-16-15-30-22(25-26-27-30)21(17-7-9-18(32-2)10-8-17)28-11-13-29(14-12-28)23-24-19-5-3-4-6-20(19)33-23/h3-10,21H,11-16H2,1-2H3/t21-/m0/s1. The quantitative estimate of drug-likeness (QED) is 0.393. The number of hydrogen-bond donors (Lipinski definition) is 0. The van der Waals surface area contributed by atoms with Crippen molar-refractivity contribution in [2.45, 2.75) is 12.6 Å². The number of methoxy groups -OCH3 is 2. The van der Waals surface area contributed by atoms with Gasteiger partial charge in [-0.1, -0.05) is 35.6 Å². The van der Waals surface area contributed by atoms with E-state index in [-0.39, 0.29) is 6.04 Å². The van der Waals surface area contributed by atoms with Gasteiger partial charge in [-0.25, -0.2) is 9.67 Å². The number of tetrazole rings is 1. The Morgan fingerprint density at radius 1 is 1.00 bits per heavy atom. The number of thiazole rings is 1. The van der Waals surface area contributed by atoms with Crippen LogP contribution >= 0.6 is 11.3 Å². The van der Waals surface area contributed by atoms with E-state index in [1.54, 1.807) is 25.6 Å². The number of aromatic nitrogens is 5. The Morgan fingerprint density at radius 2 is 1.79 bits per heavy atom. The number of anilines is 1. The Morgan fingerprint density at radius 3 is 2.52 bits per heavy atom. The van der Waals surface area contributed by atoms with Crippen LogP contribution in [0.4, 0.5) is 5.13 Å². The molecule has 9 nitrogen and oxygen atoms in total. The van der Waals surface area contributed by atoms with E-state index in [1.165, 1.54) is 4.70 Å². The van der Waals surface area contributed by atoms with Crippen molar-refractivity contribution in [2.24, 2.45) is 0 Å². The van der Waals surface area contributed by atoms with Crippen LogP contribution in [0.25, 0.3) is 10.2 Å². The van der Waals surface area contributed by atoms with Crippen molar-refractivity contribution in [2.75, 3.05) is 51.9 Å². The number of fused-ring (bicyclic) bond motifs is 1. The highest BCUT2D eigenvalue weighted by molar-refractivity contribution is 7.22. The number of nitrogens with zero attached hydrogens (tertiary/aromatic N) is 7. The van der Waals surface area contributed by atoms with Crippen LogP contribution < -0.4 is 9.64 Å². The van der Waals surface area contributed by atoms with Crippen LogP contribution in [0.5, 0.6) is 5.75 Å². The Bertz CT molecular complexity index is 1150. The van der Waals surface area contributed by atoms with Crippen LogP contribution in [0.15, 0.2) is 48.5 Å². The summed E-state index contributed by atoms with van der Waals surface area (Å²) in [7, 11) is 3.37. The van der Waals surface area contributed by atoms with Gasteiger partial charge in [0.15, 0.2) is 11.0 Å². The monoisotopic (exact) mass is 465 g/mol. The van der Waals surface area contributed by atoms with E-state index in [0.717, 1.165) is 54.0 Å². The molecule has 0 radical (unpaired) electrons. The van der Waals surface area contributed by atoms with Gasteiger partial charge in [0.1, 0.15) is 5.75 Å². The van der Waals surface area contributed by atoms with Crippen LogP contribution in [0, 0.1) is 0 Å². The van der Waals surface area contributed by atoms with Gasteiger partial charge in [0.05, 0.1) is 36.5 Å². The molecular formula is C23H27N7O2S. The molecule has 4 aromatic rings. The third-order valence-corrected chi connectivity index (χ3v) is 7.07. The van der Waals surface area contributed by atoms with Gasteiger partial charge in [-0.2, -0.15) is 0 Å². The first-order chi connectivity index (χ1) is 16.3.